The smallest absolute Gasteiger partial charge is 0.319 e. The number of nitrogens with zero attached hydrogens (tertiary/aromatic N) is 2. The maximum atomic E-state index is 12.3. The molecule has 1 aliphatic carbocycles. The lowest BCUT2D eigenvalue weighted by atomic mass is 9.96. The van der Waals surface area contributed by atoms with Crippen molar-refractivity contribution < 1.29 is 14.7 Å². The SMILES string of the molecule is O=C(O)CC(c1ccccc1)n1cnc2cc(NC(=O)NC3CCCCC3)ccc21. The Balaban J connectivity index is 1.53. The summed E-state index contributed by atoms with van der Waals surface area (Å²) in [5.74, 6) is -0.872. The minimum Gasteiger partial charge on any atom is -0.481 e. The van der Waals surface area contributed by atoms with Crippen LogP contribution in [0.2, 0.25) is 0 Å². The van der Waals surface area contributed by atoms with Crippen LogP contribution in [0.3, 0.4) is 0 Å². The lowest BCUT2D eigenvalue weighted by Crippen LogP contribution is -2.38. The number of benzene rings is 2. The number of imidazole rings is 1. The van der Waals surface area contributed by atoms with Crippen LogP contribution < -0.4 is 10.6 Å². The van der Waals surface area contributed by atoms with Gasteiger partial charge in [-0.3, -0.25) is 4.79 Å². The van der Waals surface area contributed by atoms with E-state index in [2.05, 4.69) is 15.6 Å². The van der Waals surface area contributed by atoms with Crippen LogP contribution in [-0.2, 0) is 4.79 Å². The summed E-state index contributed by atoms with van der Waals surface area (Å²) in [7, 11) is 0. The predicted octanol–water partition coefficient (Wildman–Crippen LogP) is 4.55. The van der Waals surface area contributed by atoms with Crippen molar-refractivity contribution in [3.05, 3.63) is 60.4 Å². The van der Waals surface area contributed by atoms with Gasteiger partial charge in [0.15, 0.2) is 0 Å². The molecule has 2 amide bonds. The summed E-state index contributed by atoms with van der Waals surface area (Å²) in [6, 6.07) is 14.7. The van der Waals surface area contributed by atoms with E-state index in [1.165, 1.54) is 6.42 Å². The molecule has 1 heterocycles. The number of carbonyl (C=O) groups excluding carboxylic acids is 1. The summed E-state index contributed by atoms with van der Waals surface area (Å²) < 4.78 is 1.88. The van der Waals surface area contributed by atoms with Crippen molar-refractivity contribution >= 4 is 28.7 Å². The quantitative estimate of drug-likeness (QED) is 0.559. The van der Waals surface area contributed by atoms with E-state index in [0.29, 0.717) is 11.2 Å². The van der Waals surface area contributed by atoms with Crippen molar-refractivity contribution in [2.75, 3.05) is 5.32 Å². The van der Waals surface area contributed by atoms with Gasteiger partial charge in [0.1, 0.15) is 0 Å². The Hall–Kier alpha value is -3.35. The Morgan fingerprint density at radius 1 is 1.10 bits per heavy atom. The second-order valence-corrected chi connectivity index (χ2v) is 7.81. The molecule has 3 N–H and O–H groups in total. The van der Waals surface area contributed by atoms with E-state index < -0.39 is 5.97 Å². The van der Waals surface area contributed by atoms with Crippen LogP contribution in [0.5, 0.6) is 0 Å². The number of carboxylic acids is 1. The monoisotopic (exact) mass is 406 g/mol. The third-order valence-corrected chi connectivity index (χ3v) is 5.66. The molecule has 3 aromatic rings. The minimum atomic E-state index is -0.872. The van der Waals surface area contributed by atoms with Crippen molar-refractivity contribution in [2.24, 2.45) is 0 Å². The number of carboxylic acid groups (broad SMARTS) is 1. The van der Waals surface area contributed by atoms with Crippen molar-refractivity contribution in [3.63, 3.8) is 0 Å². The molecule has 0 aliphatic heterocycles. The molecule has 1 aliphatic rings. The zero-order valence-corrected chi connectivity index (χ0v) is 16.8. The number of carbonyl (C=O) groups is 2. The van der Waals surface area contributed by atoms with Gasteiger partial charge in [-0.15, -0.1) is 0 Å². The second kappa shape index (κ2) is 8.98. The Morgan fingerprint density at radius 3 is 2.60 bits per heavy atom. The Labute approximate surface area is 175 Å². The molecule has 1 saturated carbocycles. The number of fused-ring (bicyclic) bond motifs is 1. The summed E-state index contributed by atoms with van der Waals surface area (Å²) >= 11 is 0. The van der Waals surface area contributed by atoms with Crippen molar-refractivity contribution in [2.45, 2.75) is 50.6 Å². The first-order valence-electron chi connectivity index (χ1n) is 10.4. The molecular formula is C23H26N4O3. The van der Waals surface area contributed by atoms with Crippen LogP contribution in [0.25, 0.3) is 11.0 Å². The van der Waals surface area contributed by atoms with Gasteiger partial charge >= 0.3 is 12.0 Å². The van der Waals surface area contributed by atoms with Crippen LogP contribution in [0.4, 0.5) is 10.5 Å². The van der Waals surface area contributed by atoms with Gasteiger partial charge in [0.25, 0.3) is 0 Å². The molecule has 0 spiro atoms. The molecule has 7 nitrogen and oxygen atoms in total. The van der Waals surface area contributed by atoms with Gasteiger partial charge in [0.05, 0.1) is 29.8 Å². The third-order valence-electron chi connectivity index (χ3n) is 5.66. The molecule has 7 heteroatoms. The fourth-order valence-electron chi connectivity index (χ4n) is 4.17. The lowest BCUT2D eigenvalue weighted by molar-refractivity contribution is -0.137. The molecule has 4 rings (SSSR count). The van der Waals surface area contributed by atoms with E-state index in [9.17, 15) is 14.7 Å². The highest BCUT2D eigenvalue weighted by Gasteiger charge is 2.20. The molecule has 0 radical (unpaired) electrons. The summed E-state index contributed by atoms with van der Waals surface area (Å²) in [5.41, 5.74) is 3.10. The number of urea groups is 1. The van der Waals surface area contributed by atoms with Crippen LogP contribution in [-0.4, -0.2) is 32.7 Å². The normalized spacial score (nSPS) is 15.6. The minimum absolute atomic E-state index is 0.0424. The highest BCUT2D eigenvalue weighted by molar-refractivity contribution is 5.92. The molecule has 1 aromatic heterocycles. The van der Waals surface area contributed by atoms with Gasteiger partial charge < -0.3 is 20.3 Å². The highest BCUT2D eigenvalue weighted by Crippen LogP contribution is 2.28. The van der Waals surface area contributed by atoms with Gasteiger partial charge in [-0.05, 0) is 36.6 Å². The van der Waals surface area contributed by atoms with Crippen LogP contribution >= 0.6 is 0 Å². The number of amides is 2. The van der Waals surface area contributed by atoms with Crippen molar-refractivity contribution in [1.82, 2.24) is 14.9 Å². The number of hydrogen-bond acceptors (Lipinski definition) is 3. The van der Waals surface area contributed by atoms with Crippen LogP contribution in [0.15, 0.2) is 54.9 Å². The lowest BCUT2D eigenvalue weighted by Gasteiger charge is -2.22. The molecule has 0 bridgehead atoms. The van der Waals surface area contributed by atoms with Gasteiger partial charge in [-0.2, -0.15) is 0 Å². The summed E-state index contributed by atoms with van der Waals surface area (Å²) in [4.78, 5) is 28.2. The van der Waals surface area contributed by atoms with Crippen LogP contribution in [0.1, 0.15) is 50.1 Å². The second-order valence-electron chi connectivity index (χ2n) is 7.81. The first-order valence-corrected chi connectivity index (χ1v) is 10.4. The van der Waals surface area contributed by atoms with E-state index in [1.807, 2.05) is 53.1 Å². The van der Waals surface area contributed by atoms with Gasteiger partial charge in [-0.1, -0.05) is 49.6 Å². The molecule has 1 unspecified atom stereocenters. The first-order chi connectivity index (χ1) is 14.6. The Morgan fingerprint density at radius 2 is 1.87 bits per heavy atom. The summed E-state index contributed by atoms with van der Waals surface area (Å²) in [6.07, 6.45) is 7.24. The van der Waals surface area contributed by atoms with Crippen molar-refractivity contribution in [1.29, 1.82) is 0 Å². The predicted molar refractivity (Wildman–Crippen MR) is 116 cm³/mol. The third kappa shape index (κ3) is 4.62. The van der Waals surface area contributed by atoms with Gasteiger partial charge in [0, 0.05) is 11.7 Å². The first kappa shape index (κ1) is 19.9. The van der Waals surface area contributed by atoms with Gasteiger partial charge in [0.2, 0.25) is 0 Å². The van der Waals surface area contributed by atoms with E-state index in [1.54, 1.807) is 6.33 Å². The molecule has 1 atom stereocenters. The number of nitrogens with one attached hydrogen (secondary N) is 2. The zero-order chi connectivity index (χ0) is 20.9. The largest absolute Gasteiger partial charge is 0.481 e. The van der Waals surface area contributed by atoms with Gasteiger partial charge in [-0.25, -0.2) is 9.78 Å². The molecule has 30 heavy (non-hydrogen) atoms. The van der Waals surface area contributed by atoms with E-state index in [0.717, 1.165) is 36.8 Å². The molecule has 0 saturated heterocycles. The maximum absolute atomic E-state index is 12.3. The average Bonchev–Trinajstić information content (AvgIpc) is 3.16. The fraction of sp³-hybridized carbons (Fsp3) is 0.348. The van der Waals surface area contributed by atoms with Crippen LogP contribution in [0, 0.1) is 0 Å². The highest BCUT2D eigenvalue weighted by atomic mass is 16.4. The number of aliphatic carboxylic acids is 1. The van der Waals surface area contributed by atoms with E-state index >= 15 is 0 Å². The van der Waals surface area contributed by atoms with E-state index in [-0.39, 0.29) is 24.5 Å². The number of rotatable bonds is 6. The number of anilines is 1. The standard InChI is InChI=1S/C23H26N4O3/c28-22(29)14-21(16-7-3-1-4-8-16)27-15-24-19-13-18(11-12-20(19)27)26-23(30)25-17-9-5-2-6-10-17/h1,3-4,7-8,11-13,15,17,21H,2,5-6,9-10,14H2,(H,28,29)(H2,25,26,30). The number of aromatic nitrogens is 2. The van der Waals surface area contributed by atoms with Crippen molar-refractivity contribution in [3.8, 4) is 0 Å². The molecular weight excluding hydrogens is 380 g/mol. The average molecular weight is 406 g/mol. The Kier molecular flexibility index (Phi) is 5.97. The summed E-state index contributed by atoms with van der Waals surface area (Å²) in [5, 5.41) is 15.3. The zero-order valence-electron chi connectivity index (χ0n) is 16.8. The molecule has 1 fully saturated rings. The molecule has 2 aromatic carbocycles. The Bertz CT molecular complexity index is 1030. The topological polar surface area (TPSA) is 96.2 Å². The summed E-state index contributed by atoms with van der Waals surface area (Å²) in [6.45, 7) is 0. The maximum Gasteiger partial charge on any atom is 0.319 e. The van der Waals surface area contributed by atoms with E-state index in [4.69, 9.17) is 0 Å². The number of hydrogen-bond donors (Lipinski definition) is 3. The fourth-order valence-corrected chi connectivity index (χ4v) is 4.17. The molecule has 156 valence electrons.